The molecule has 0 radical (unpaired) electrons. The Morgan fingerprint density at radius 2 is 2.17 bits per heavy atom. The molecular formula is C13H20ClN3O. The Morgan fingerprint density at radius 3 is 2.72 bits per heavy atom. The van der Waals surface area contributed by atoms with E-state index in [0.717, 1.165) is 18.8 Å². The first-order valence-corrected chi connectivity index (χ1v) is 6.45. The fraction of sp³-hybridized carbons (Fsp3) is 0.462. The number of rotatable bonds is 7. The van der Waals surface area contributed by atoms with Crippen LogP contribution in [0.15, 0.2) is 18.2 Å². The zero-order chi connectivity index (χ0) is 13.5. The van der Waals surface area contributed by atoms with E-state index in [0.29, 0.717) is 23.8 Å². The number of anilines is 1. The summed E-state index contributed by atoms with van der Waals surface area (Å²) in [5, 5.41) is 8.14. The van der Waals surface area contributed by atoms with E-state index in [-0.39, 0.29) is 5.84 Å². The Morgan fingerprint density at radius 1 is 1.44 bits per heavy atom. The standard InChI is InChI=1S/C13H20ClN3O/c1-3-17(8-9-18-4-2)11-7-5-6-10(14)12(11)13(15)16/h5-7H,3-4,8-9H2,1-2H3,(H3,15,16). The van der Waals surface area contributed by atoms with Crippen LogP contribution in [0.5, 0.6) is 0 Å². The summed E-state index contributed by atoms with van der Waals surface area (Å²) in [6.45, 7) is 6.94. The molecule has 1 aromatic rings. The van der Waals surface area contributed by atoms with Crippen LogP contribution in [0.25, 0.3) is 0 Å². The van der Waals surface area contributed by atoms with E-state index in [1.807, 2.05) is 19.1 Å². The highest BCUT2D eigenvalue weighted by Gasteiger charge is 2.14. The molecule has 3 N–H and O–H groups in total. The van der Waals surface area contributed by atoms with Crippen molar-refractivity contribution >= 4 is 23.1 Å². The number of amidine groups is 1. The van der Waals surface area contributed by atoms with E-state index in [1.165, 1.54) is 0 Å². The van der Waals surface area contributed by atoms with Gasteiger partial charge in [0, 0.05) is 25.4 Å². The van der Waals surface area contributed by atoms with E-state index in [4.69, 9.17) is 27.5 Å². The topological polar surface area (TPSA) is 62.3 Å². The Bertz CT molecular complexity index is 409. The summed E-state index contributed by atoms with van der Waals surface area (Å²) in [6.07, 6.45) is 0. The van der Waals surface area contributed by atoms with Crippen molar-refractivity contribution in [1.29, 1.82) is 5.41 Å². The zero-order valence-corrected chi connectivity index (χ0v) is 11.6. The largest absolute Gasteiger partial charge is 0.384 e. The van der Waals surface area contributed by atoms with Gasteiger partial charge in [0.25, 0.3) is 0 Å². The highest BCUT2D eigenvalue weighted by atomic mass is 35.5. The maximum atomic E-state index is 7.63. The number of halogens is 1. The van der Waals surface area contributed by atoms with Crippen molar-refractivity contribution in [2.24, 2.45) is 5.73 Å². The number of nitrogens with one attached hydrogen (secondary N) is 1. The van der Waals surface area contributed by atoms with Gasteiger partial charge in [0.05, 0.1) is 17.2 Å². The SMILES string of the molecule is CCOCCN(CC)c1cccc(Cl)c1C(=N)N. The van der Waals surface area contributed by atoms with Crippen LogP contribution in [0.3, 0.4) is 0 Å². The zero-order valence-electron chi connectivity index (χ0n) is 10.9. The Kier molecular flexibility index (Phi) is 5.95. The van der Waals surface area contributed by atoms with Gasteiger partial charge in [-0.15, -0.1) is 0 Å². The van der Waals surface area contributed by atoms with Gasteiger partial charge in [0.1, 0.15) is 5.84 Å². The third kappa shape index (κ3) is 3.62. The number of ether oxygens (including phenoxy) is 1. The lowest BCUT2D eigenvalue weighted by molar-refractivity contribution is 0.154. The minimum absolute atomic E-state index is 0.00883. The summed E-state index contributed by atoms with van der Waals surface area (Å²) in [4.78, 5) is 2.11. The van der Waals surface area contributed by atoms with Crippen LogP contribution in [-0.2, 0) is 4.74 Å². The maximum absolute atomic E-state index is 7.63. The molecule has 0 unspecified atom stereocenters. The van der Waals surface area contributed by atoms with Crippen LogP contribution in [0.4, 0.5) is 5.69 Å². The van der Waals surface area contributed by atoms with E-state index in [2.05, 4.69) is 11.8 Å². The van der Waals surface area contributed by atoms with Crippen LogP contribution in [0, 0.1) is 5.41 Å². The number of nitrogens with zero attached hydrogens (tertiary/aromatic N) is 1. The lowest BCUT2D eigenvalue weighted by Crippen LogP contribution is -2.29. The molecule has 0 aromatic heterocycles. The fourth-order valence-electron chi connectivity index (χ4n) is 1.81. The molecule has 0 saturated heterocycles. The van der Waals surface area contributed by atoms with Crippen molar-refractivity contribution in [3.05, 3.63) is 28.8 Å². The van der Waals surface area contributed by atoms with Gasteiger partial charge in [0.2, 0.25) is 0 Å². The Hall–Kier alpha value is -1.26. The van der Waals surface area contributed by atoms with Crippen molar-refractivity contribution in [3.8, 4) is 0 Å². The first kappa shape index (κ1) is 14.8. The highest BCUT2D eigenvalue weighted by molar-refractivity contribution is 6.34. The maximum Gasteiger partial charge on any atom is 0.126 e. The third-order valence-electron chi connectivity index (χ3n) is 2.69. The molecule has 1 aromatic carbocycles. The van der Waals surface area contributed by atoms with Gasteiger partial charge in [-0.05, 0) is 26.0 Å². The molecule has 0 aliphatic carbocycles. The molecule has 0 aliphatic rings. The number of nitrogens with two attached hydrogens (primary N) is 1. The number of likely N-dealkylation sites (N-methyl/N-ethyl adjacent to an activating group) is 1. The number of hydrogen-bond acceptors (Lipinski definition) is 3. The van der Waals surface area contributed by atoms with Crippen LogP contribution in [-0.4, -0.2) is 32.1 Å². The van der Waals surface area contributed by atoms with Crippen LogP contribution >= 0.6 is 11.6 Å². The van der Waals surface area contributed by atoms with Gasteiger partial charge in [-0.25, -0.2) is 0 Å². The predicted molar refractivity (Wildman–Crippen MR) is 76.8 cm³/mol. The van der Waals surface area contributed by atoms with Crippen molar-refractivity contribution in [1.82, 2.24) is 0 Å². The molecule has 0 aliphatic heterocycles. The normalized spacial score (nSPS) is 10.4. The summed E-state index contributed by atoms with van der Waals surface area (Å²) in [7, 11) is 0. The second-order valence-electron chi connectivity index (χ2n) is 3.82. The summed E-state index contributed by atoms with van der Waals surface area (Å²) in [6, 6.07) is 5.55. The van der Waals surface area contributed by atoms with E-state index in [9.17, 15) is 0 Å². The van der Waals surface area contributed by atoms with Gasteiger partial charge in [0.15, 0.2) is 0 Å². The highest BCUT2D eigenvalue weighted by Crippen LogP contribution is 2.26. The summed E-state index contributed by atoms with van der Waals surface area (Å²) in [5.41, 5.74) is 7.08. The molecule has 0 bridgehead atoms. The molecule has 0 amide bonds. The molecular weight excluding hydrogens is 250 g/mol. The van der Waals surface area contributed by atoms with Gasteiger partial charge in [-0.2, -0.15) is 0 Å². The molecule has 0 spiro atoms. The minimum Gasteiger partial charge on any atom is -0.384 e. The molecule has 100 valence electrons. The summed E-state index contributed by atoms with van der Waals surface area (Å²) >= 11 is 6.11. The van der Waals surface area contributed by atoms with Crippen molar-refractivity contribution < 1.29 is 4.74 Å². The van der Waals surface area contributed by atoms with Crippen molar-refractivity contribution in [2.75, 3.05) is 31.2 Å². The first-order valence-electron chi connectivity index (χ1n) is 6.07. The molecule has 0 fully saturated rings. The Balaban J connectivity index is 2.98. The second kappa shape index (κ2) is 7.24. The van der Waals surface area contributed by atoms with E-state index >= 15 is 0 Å². The predicted octanol–water partition coefficient (Wildman–Crippen LogP) is 2.49. The van der Waals surface area contributed by atoms with Gasteiger partial charge < -0.3 is 15.4 Å². The average molecular weight is 270 g/mol. The molecule has 5 heteroatoms. The summed E-state index contributed by atoms with van der Waals surface area (Å²) < 4.78 is 5.36. The molecule has 0 heterocycles. The lowest BCUT2D eigenvalue weighted by Gasteiger charge is -2.25. The van der Waals surface area contributed by atoms with Crippen LogP contribution < -0.4 is 10.6 Å². The number of benzene rings is 1. The van der Waals surface area contributed by atoms with Crippen LogP contribution in [0.1, 0.15) is 19.4 Å². The average Bonchev–Trinajstić information content (AvgIpc) is 2.34. The lowest BCUT2D eigenvalue weighted by atomic mass is 10.1. The van der Waals surface area contributed by atoms with Crippen molar-refractivity contribution in [2.45, 2.75) is 13.8 Å². The summed E-state index contributed by atoms with van der Waals surface area (Å²) in [5.74, 6) is -0.00883. The molecule has 4 nitrogen and oxygen atoms in total. The van der Waals surface area contributed by atoms with Crippen LogP contribution in [0.2, 0.25) is 5.02 Å². The second-order valence-corrected chi connectivity index (χ2v) is 4.23. The third-order valence-corrected chi connectivity index (χ3v) is 3.01. The molecule has 0 atom stereocenters. The molecule has 0 saturated carbocycles. The van der Waals surface area contributed by atoms with Crippen molar-refractivity contribution in [3.63, 3.8) is 0 Å². The fourth-order valence-corrected chi connectivity index (χ4v) is 2.08. The smallest absolute Gasteiger partial charge is 0.126 e. The van der Waals surface area contributed by atoms with Gasteiger partial charge in [-0.1, -0.05) is 17.7 Å². The Labute approximate surface area is 113 Å². The number of nitrogen functional groups attached to an aromatic ring is 1. The molecule has 18 heavy (non-hydrogen) atoms. The molecule has 1 rings (SSSR count). The van der Waals surface area contributed by atoms with Gasteiger partial charge in [-0.3, -0.25) is 5.41 Å². The minimum atomic E-state index is -0.00883. The van der Waals surface area contributed by atoms with E-state index in [1.54, 1.807) is 6.07 Å². The quantitative estimate of drug-likeness (QED) is 0.454. The monoisotopic (exact) mass is 269 g/mol. The number of hydrogen-bond donors (Lipinski definition) is 2. The van der Waals surface area contributed by atoms with Gasteiger partial charge >= 0.3 is 0 Å². The van der Waals surface area contributed by atoms with E-state index < -0.39 is 0 Å². The first-order chi connectivity index (χ1) is 8.61.